The van der Waals surface area contributed by atoms with Gasteiger partial charge in [0.15, 0.2) is 15.8 Å². The van der Waals surface area contributed by atoms with Gasteiger partial charge in [-0.2, -0.15) is 0 Å². The molecule has 0 radical (unpaired) electrons. The molecule has 4 rings (SSSR count). The number of hydrogen-bond acceptors (Lipinski definition) is 5. The second-order valence-corrected chi connectivity index (χ2v) is 11.0. The summed E-state index contributed by atoms with van der Waals surface area (Å²) in [7, 11) is 0. The highest BCUT2D eigenvalue weighted by atomic mass is 127. The molecular weight excluding hydrogens is 643 g/mol. The van der Waals surface area contributed by atoms with Crippen molar-refractivity contribution in [1.29, 1.82) is 0 Å². The number of benzene rings is 3. The Kier molecular flexibility index (Phi) is 8.59. The molecule has 1 heterocycles. The second-order valence-electron chi connectivity index (χ2n) is 7.28. The molecule has 10 heteroatoms. The quantitative estimate of drug-likeness (QED) is 0.146. The van der Waals surface area contributed by atoms with E-state index in [0.29, 0.717) is 43.1 Å². The van der Waals surface area contributed by atoms with E-state index < -0.39 is 5.82 Å². The average molecular weight is 660 g/mol. The first-order valence-electron chi connectivity index (χ1n) is 10.3. The molecule has 0 atom stereocenters. The Morgan fingerprint density at radius 2 is 1.94 bits per heavy atom. The first-order valence-corrected chi connectivity index (χ1v) is 13.4. The third-order valence-corrected chi connectivity index (χ3v) is 7.57. The van der Waals surface area contributed by atoms with Gasteiger partial charge in [0.05, 0.1) is 20.8 Å². The fourth-order valence-corrected chi connectivity index (χ4v) is 5.86. The summed E-state index contributed by atoms with van der Waals surface area (Å²) in [5.41, 5.74) is 1.93. The number of anilines is 1. The van der Waals surface area contributed by atoms with Crippen molar-refractivity contribution in [3.05, 3.63) is 90.1 Å². The van der Waals surface area contributed by atoms with Gasteiger partial charge in [-0.05, 0) is 83.6 Å². The van der Waals surface area contributed by atoms with Crippen molar-refractivity contribution in [3.63, 3.8) is 0 Å². The Morgan fingerprint density at radius 1 is 1.14 bits per heavy atom. The summed E-state index contributed by atoms with van der Waals surface area (Å²) in [5.74, 6) is 0.363. The van der Waals surface area contributed by atoms with E-state index in [-0.39, 0.29) is 12.5 Å². The zero-order chi connectivity index (χ0) is 25.1. The van der Waals surface area contributed by atoms with Crippen LogP contribution in [0.4, 0.5) is 10.1 Å². The van der Waals surface area contributed by atoms with E-state index in [1.54, 1.807) is 36.4 Å². The largest absolute Gasteiger partial charge is 0.490 e. The molecule has 1 aliphatic heterocycles. The highest BCUT2D eigenvalue weighted by molar-refractivity contribution is 14.1. The maximum Gasteiger partial charge on any atom is 0.270 e. The topological polar surface area (TPSA) is 38.8 Å². The van der Waals surface area contributed by atoms with E-state index in [1.807, 2.05) is 19.1 Å². The summed E-state index contributed by atoms with van der Waals surface area (Å²) < 4.78 is 26.7. The third-order valence-electron chi connectivity index (χ3n) is 4.88. The summed E-state index contributed by atoms with van der Waals surface area (Å²) in [6.45, 7) is 2.54. The number of thiocarbonyl (C=S) groups is 1. The number of halogens is 4. The summed E-state index contributed by atoms with van der Waals surface area (Å²) in [4.78, 5) is 14.8. The Labute approximate surface area is 235 Å². The van der Waals surface area contributed by atoms with Crippen molar-refractivity contribution in [3.8, 4) is 11.5 Å². The van der Waals surface area contributed by atoms with Gasteiger partial charge >= 0.3 is 0 Å². The lowest BCUT2D eigenvalue weighted by molar-refractivity contribution is -0.113. The van der Waals surface area contributed by atoms with Crippen LogP contribution in [0.15, 0.2) is 59.5 Å². The monoisotopic (exact) mass is 659 g/mol. The van der Waals surface area contributed by atoms with E-state index in [4.69, 9.17) is 44.9 Å². The zero-order valence-electron chi connectivity index (χ0n) is 18.2. The lowest BCUT2D eigenvalue weighted by atomic mass is 10.1. The van der Waals surface area contributed by atoms with Gasteiger partial charge in [-0.3, -0.25) is 9.69 Å². The second kappa shape index (κ2) is 11.5. The van der Waals surface area contributed by atoms with Gasteiger partial charge in [-0.15, -0.1) is 0 Å². The highest BCUT2D eigenvalue weighted by Crippen LogP contribution is 2.39. The molecule has 0 spiro atoms. The predicted octanol–water partition coefficient (Wildman–Crippen LogP) is 8.12. The van der Waals surface area contributed by atoms with Gasteiger partial charge in [0.25, 0.3) is 5.91 Å². The van der Waals surface area contributed by atoms with Crippen LogP contribution in [0.2, 0.25) is 10.0 Å². The van der Waals surface area contributed by atoms with Gasteiger partial charge in [0.1, 0.15) is 12.4 Å². The number of thioether (sulfide) groups is 1. The molecule has 0 bridgehead atoms. The number of amides is 1. The number of ether oxygens (including phenoxy) is 2. The third kappa shape index (κ3) is 6.11. The molecule has 3 aromatic carbocycles. The fraction of sp³-hybridized carbons (Fsp3) is 0.120. The van der Waals surface area contributed by atoms with Gasteiger partial charge in [-0.25, -0.2) is 4.39 Å². The summed E-state index contributed by atoms with van der Waals surface area (Å²) in [6, 6.07) is 14.7. The van der Waals surface area contributed by atoms with Crippen LogP contribution in [-0.4, -0.2) is 16.8 Å². The van der Waals surface area contributed by atoms with Crippen molar-refractivity contribution in [1.82, 2.24) is 0 Å². The molecule has 0 unspecified atom stereocenters. The lowest BCUT2D eigenvalue weighted by Gasteiger charge is -2.16. The van der Waals surface area contributed by atoms with Crippen molar-refractivity contribution in [2.75, 3.05) is 11.5 Å². The minimum Gasteiger partial charge on any atom is -0.490 e. The molecule has 180 valence electrons. The molecular formula is C25H17Cl2FINO3S2. The first-order chi connectivity index (χ1) is 16.8. The first kappa shape index (κ1) is 26.2. The number of nitrogens with zero attached hydrogens (tertiary/aromatic N) is 1. The van der Waals surface area contributed by atoms with Crippen LogP contribution < -0.4 is 14.4 Å². The highest BCUT2D eigenvalue weighted by Gasteiger charge is 2.33. The SMILES string of the molecule is CCOc1cc(/C=C2\SC(=S)N(c3cccc(F)c3)C2=O)cc(I)c1OCc1ccc(Cl)cc1Cl. The number of rotatable bonds is 7. The van der Waals surface area contributed by atoms with Crippen LogP contribution in [0.3, 0.4) is 0 Å². The van der Waals surface area contributed by atoms with E-state index >= 15 is 0 Å². The van der Waals surface area contributed by atoms with Crippen LogP contribution in [0, 0.1) is 9.39 Å². The molecule has 1 amide bonds. The molecule has 1 saturated heterocycles. The number of hydrogen-bond donors (Lipinski definition) is 0. The predicted molar refractivity (Wildman–Crippen MR) is 153 cm³/mol. The van der Waals surface area contributed by atoms with Crippen LogP contribution in [0.25, 0.3) is 6.08 Å². The molecule has 0 aliphatic carbocycles. The molecule has 0 N–H and O–H groups in total. The van der Waals surface area contributed by atoms with E-state index in [0.717, 1.165) is 26.5 Å². The number of carbonyl (C=O) groups excluding carboxylic acids is 1. The Balaban J connectivity index is 1.61. The van der Waals surface area contributed by atoms with Crippen molar-refractivity contribution >= 4 is 91.8 Å². The van der Waals surface area contributed by atoms with Gasteiger partial charge < -0.3 is 9.47 Å². The van der Waals surface area contributed by atoms with Gasteiger partial charge in [-0.1, -0.05) is 59.3 Å². The average Bonchev–Trinajstić information content (AvgIpc) is 3.07. The molecule has 4 nitrogen and oxygen atoms in total. The maximum absolute atomic E-state index is 13.7. The zero-order valence-corrected chi connectivity index (χ0v) is 23.5. The van der Waals surface area contributed by atoms with Gasteiger partial charge in [0, 0.05) is 15.6 Å². The molecule has 0 aromatic heterocycles. The maximum atomic E-state index is 13.7. The van der Waals surface area contributed by atoms with Crippen molar-refractivity contribution < 1.29 is 18.7 Å². The summed E-state index contributed by atoms with van der Waals surface area (Å²) >= 11 is 21.0. The number of carbonyl (C=O) groups is 1. The Hall–Kier alpha value is -1.85. The van der Waals surface area contributed by atoms with E-state index in [9.17, 15) is 9.18 Å². The van der Waals surface area contributed by atoms with Crippen LogP contribution in [0.1, 0.15) is 18.1 Å². The van der Waals surface area contributed by atoms with E-state index in [2.05, 4.69) is 22.6 Å². The van der Waals surface area contributed by atoms with E-state index in [1.165, 1.54) is 17.0 Å². The van der Waals surface area contributed by atoms with Crippen LogP contribution >= 0.6 is 69.8 Å². The standard InChI is InChI=1S/C25H17Cl2FINO3S2/c1-2-32-21-9-14(8-20(29)23(21)33-13-15-6-7-16(26)11-19(15)27)10-22-24(31)30(25(34)35-22)18-5-3-4-17(28)12-18/h3-12H,2,13H2,1H3/b22-10-. The molecule has 0 saturated carbocycles. The normalized spacial score (nSPS) is 14.7. The summed E-state index contributed by atoms with van der Waals surface area (Å²) in [6.07, 6.45) is 1.74. The summed E-state index contributed by atoms with van der Waals surface area (Å²) in [5, 5.41) is 1.07. The lowest BCUT2D eigenvalue weighted by Crippen LogP contribution is -2.27. The Morgan fingerprint density at radius 3 is 2.66 bits per heavy atom. The minimum atomic E-state index is -0.438. The van der Waals surface area contributed by atoms with Crippen LogP contribution in [-0.2, 0) is 11.4 Å². The minimum absolute atomic E-state index is 0.234. The van der Waals surface area contributed by atoms with Crippen molar-refractivity contribution in [2.45, 2.75) is 13.5 Å². The van der Waals surface area contributed by atoms with Gasteiger partial charge in [0.2, 0.25) is 0 Å². The molecule has 35 heavy (non-hydrogen) atoms. The fourth-order valence-electron chi connectivity index (χ4n) is 3.32. The molecule has 1 aliphatic rings. The van der Waals surface area contributed by atoms with Crippen molar-refractivity contribution in [2.24, 2.45) is 0 Å². The molecule has 3 aromatic rings. The Bertz CT molecular complexity index is 1350. The smallest absolute Gasteiger partial charge is 0.270 e. The molecule has 1 fully saturated rings. The van der Waals surface area contributed by atoms with Crippen LogP contribution in [0.5, 0.6) is 11.5 Å².